The summed E-state index contributed by atoms with van der Waals surface area (Å²) in [6.45, 7) is 2.86. The molecule has 1 N–H and O–H groups in total. The van der Waals surface area contributed by atoms with Crippen molar-refractivity contribution < 1.29 is 31.1 Å². The SMILES string of the molecule is Cc1ccc(S(=O)(=O)N(CC(=O)NCCOc2ccc(S(=O)(=O)N3CCOCC3)cc2)c2ccccc2Cl)cc1. The van der Waals surface area contributed by atoms with Gasteiger partial charge in [0, 0.05) is 13.1 Å². The Bertz CT molecular complexity index is 1530. The van der Waals surface area contributed by atoms with Crippen LogP contribution < -0.4 is 14.4 Å². The first kappa shape index (κ1) is 29.8. The third-order valence-corrected chi connectivity index (χ3v) is 10.1. The smallest absolute Gasteiger partial charge is 0.264 e. The van der Waals surface area contributed by atoms with E-state index in [2.05, 4.69) is 5.32 Å². The van der Waals surface area contributed by atoms with Gasteiger partial charge in [-0.3, -0.25) is 9.10 Å². The number of rotatable bonds is 11. The van der Waals surface area contributed by atoms with Gasteiger partial charge in [0.2, 0.25) is 15.9 Å². The van der Waals surface area contributed by atoms with Crippen molar-refractivity contribution in [1.82, 2.24) is 9.62 Å². The van der Waals surface area contributed by atoms with E-state index in [1.165, 1.54) is 34.6 Å². The Balaban J connectivity index is 1.36. The number of carbonyl (C=O) groups is 1. The molecule has 0 atom stereocenters. The lowest BCUT2D eigenvalue weighted by Crippen LogP contribution is -2.42. The molecule has 0 spiro atoms. The number of nitrogens with zero attached hydrogens (tertiary/aromatic N) is 2. The minimum atomic E-state index is -4.09. The summed E-state index contributed by atoms with van der Waals surface area (Å²) in [5.41, 5.74) is 1.08. The molecule has 1 aliphatic heterocycles. The van der Waals surface area contributed by atoms with Crippen molar-refractivity contribution in [3.63, 3.8) is 0 Å². The predicted octanol–water partition coefficient (Wildman–Crippen LogP) is 3.06. The molecule has 13 heteroatoms. The Kier molecular flexibility index (Phi) is 9.69. The number of ether oxygens (including phenoxy) is 2. The maximum Gasteiger partial charge on any atom is 0.264 e. The third kappa shape index (κ3) is 7.12. The van der Waals surface area contributed by atoms with E-state index in [-0.39, 0.29) is 33.7 Å². The van der Waals surface area contributed by atoms with Crippen molar-refractivity contribution in [2.75, 3.05) is 50.3 Å². The molecule has 40 heavy (non-hydrogen) atoms. The Hall–Kier alpha value is -3.16. The van der Waals surface area contributed by atoms with Crippen LogP contribution in [0.5, 0.6) is 5.75 Å². The summed E-state index contributed by atoms with van der Waals surface area (Å²) in [6.07, 6.45) is 0. The van der Waals surface area contributed by atoms with Gasteiger partial charge in [-0.05, 0) is 55.5 Å². The molecule has 1 aliphatic rings. The molecule has 3 aromatic rings. The number of benzene rings is 3. The average molecular weight is 608 g/mol. The third-order valence-electron chi connectivity index (χ3n) is 6.14. The van der Waals surface area contributed by atoms with Crippen LogP contribution in [0.4, 0.5) is 5.69 Å². The summed E-state index contributed by atoms with van der Waals surface area (Å²) in [5, 5.41) is 2.84. The normalized spacial score (nSPS) is 14.4. The van der Waals surface area contributed by atoms with Crippen molar-refractivity contribution in [2.24, 2.45) is 0 Å². The molecule has 3 aromatic carbocycles. The molecule has 0 radical (unpaired) electrons. The molecule has 214 valence electrons. The van der Waals surface area contributed by atoms with Crippen molar-refractivity contribution >= 4 is 43.2 Å². The predicted molar refractivity (Wildman–Crippen MR) is 152 cm³/mol. The van der Waals surface area contributed by atoms with E-state index < -0.39 is 32.5 Å². The number of amides is 1. The van der Waals surface area contributed by atoms with E-state index in [4.69, 9.17) is 21.1 Å². The van der Waals surface area contributed by atoms with E-state index in [0.717, 1.165) is 9.87 Å². The second-order valence-electron chi connectivity index (χ2n) is 8.96. The van der Waals surface area contributed by atoms with Gasteiger partial charge in [0.05, 0.1) is 40.3 Å². The topological polar surface area (TPSA) is 122 Å². The molecule has 0 aromatic heterocycles. The quantitative estimate of drug-likeness (QED) is 0.332. The molecule has 0 bridgehead atoms. The monoisotopic (exact) mass is 607 g/mol. The van der Waals surface area contributed by atoms with Crippen LogP contribution in [0, 0.1) is 6.92 Å². The molecule has 0 saturated carbocycles. The van der Waals surface area contributed by atoms with E-state index in [0.29, 0.717) is 32.1 Å². The number of nitrogens with one attached hydrogen (secondary N) is 1. The van der Waals surface area contributed by atoms with E-state index in [9.17, 15) is 21.6 Å². The first-order valence-electron chi connectivity index (χ1n) is 12.5. The number of anilines is 1. The van der Waals surface area contributed by atoms with Gasteiger partial charge in [-0.2, -0.15) is 4.31 Å². The maximum atomic E-state index is 13.5. The number of morpholine rings is 1. The first-order chi connectivity index (χ1) is 19.1. The number of carbonyl (C=O) groups excluding carboxylic acids is 1. The minimum absolute atomic E-state index is 0.0354. The number of halogens is 1. The highest BCUT2D eigenvalue weighted by Crippen LogP contribution is 2.30. The van der Waals surface area contributed by atoms with Crippen LogP contribution in [-0.4, -0.2) is 73.0 Å². The van der Waals surface area contributed by atoms with E-state index in [1.807, 2.05) is 6.92 Å². The molecular weight excluding hydrogens is 578 g/mol. The van der Waals surface area contributed by atoms with Gasteiger partial charge in [0.1, 0.15) is 18.9 Å². The number of aryl methyl sites for hydroxylation is 1. The van der Waals surface area contributed by atoms with Crippen LogP contribution >= 0.6 is 11.6 Å². The molecule has 10 nitrogen and oxygen atoms in total. The zero-order valence-corrected chi connectivity index (χ0v) is 24.2. The number of hydrogen-bond acceptors (Lipinski definition) is 7. The Morgan fingerprint density at radius 3 is 2.23 bits per heavy atom. The fourth-order valence-corrected chi connectivity index (χ4v) is 7.12. The highest BCUT2D eigenvalue weighted by Gasteiger charge is 2.29. The molecule has 0 aliphatic carbocycles. The molecule has 1 amide bonds. The van der Waals surface area contributed by atoms with Crippen molar-refractivity contribution in [3.8, 4) is 5.75 Å². The van der Waals surface area contributed by atoms with Crippen molar-refractivity contribution in [2.45, 2.75) is 16.7 Å². The number of hydrogen-bond donors (Lipinski definition) is 1. The zero-order valence-electron chi connectivity index (χ0n) is 21.8. The van der Waals surface area contributed by atoms with Gasteiger partial charge < -0.3 is 14.8 Å². The van der Waals surface area contributed by atoms with Crippen molar-refractivity contribution in [3.05, 3.63) is 83.4 Å². The first-order valence-corrected chi connectivity index (χ1v) is 15.8. The zero-order chi connectivity index (χ0) is 28.8. The van der Waals surface area contributed by atoms with Crippen LogP contribution in [0.1, 0.15) is 5.56 Å². The lowest BCUT2D eigenvalue weighted by atomic mass is 10.2. The van der Waals surface area contributed by atoms with Gasteiger partial charge in [-0.1, -0.05) is 41.4 Å². The van der Waals surface area contributed by atoms with Gasteiger partial charge in [-0.15, -0.1) is 0 Å². The van der Waals surface area contributed by atoms with Crippen LogP contribution in [0.25, 0.3) is 0 Å². The largest absolute Gasteiger partial charge is 0.492 e. The lowest BCUT2D eigenvalue weighted by molar-refractivity contribution is -0.119. The van der Waals surface area contributed by atoms with Gasteiger partial charge in [-0.25, -0.2) is 16.8 Å². The number of para-hydroxylation sites is 1. The summed E-state index contributed by atoms with van der Waals surface area (Å²) in [5.74, 6) is -0.124. The Morgan fingerprint density at radius 1 is 0.950 bits per heavy atom. The highest BCUT2D eigenvalue weighted by molar-refractivity contribution is 7.93. The Morgan fingerprint density at radius 2 is 1.57 bits per heavy atom. The van der Waals surface area contributed by atoms with Gasteiger partial charge >= 0.3 is 0 Å². The van der Waals surface area contributed by atoms with E-state index >= 15 is 0 Å². The molecular formula is C27H30ClN3O7S2. The summed E-state index contributed by atoms with van der Waals surface area (Å²) in [4.78, 5) is 13.0. The van der Waals surface area contributed by atoms with E-state index in [1.54, 1.807) is 42.5 Å². The van der Waals surface area contributed by atoms with Crippen LogP contribution in [0.15, 0.2) is 82.6 Å². The minimum Gasteiger partial charge on any atom is -0.492 e. The Labute approximate surface area is 239 Å². The summed E-state index contributed by atoms with van der Waals surface area (Å²) < 4.78 is 65.6. The van der Waals surface area contributed by atoms with Gasteiger partial charge in [0.15, 0.2) is 0 Å². The fraction of sp³-hybridized carbons (Fsp3) is 0.296. The van der Waals surface area contributed by atoms with Crippen LogP contribution in [0.3, 0.4) is 0 Å². The molecule has 1 fully saturated rings. The molecule has 4 rings (SSSR count). The summed E-state index contributed by atoms with van der Waals surface area (Å²) >= 11 is 6.30. The molecule has 0 unspecified atom stereocenters. The second kappa shape index (κ2) is 13.0. The summed E-state index contributed by atoms with van der Waals surface area (Å²) in [7, 11) is -7.70. The van der Waals surface area contributed by atoms with Gasteiger partial charge in [0.25, 0.3) is 10.0 Å². The van der Waals surface area contributed by atoms with Crippen molar-refractivity contribution in [1.29, 1.82) is 0 Å². The lowest BCUT2D eigenvalue weighted by Gasteiger charge is -2.26. The maximum absolute atomic E-state index is 13.5. The molecule has 1 heterocycles. The van der Waals surface area contributed by atoms with Crippen LogP contribution in [0.2, 0.25) is 5.02 Å². The number of sulfonamides is 2. The highest BCUT2D eigenvalue weighted by atomic mass is 35.5. The fourth-order valence-electron chi connectivity index (χ4n) is 3.98. The standard InChI is InChI=1S/C27H30ClN3O7S2/c1-21-6-10-24(11-7-21)40(35,36)31(26-5-3-2-4-25(26)28)20-27(32)29-14-17-38-22-8-12-23(13-9-22)39(33,34)30-15-18-37-19-16-30/h2-13H,14-20H2,1H3,(H,29,32). The summed E-state index contributed by atoms with van der Waals surface area (Å²) in [6, 6.07) is 18.8. The molecule has 1 saturated heterocycles. The average Bonchev–Trinajstić information content (AvgIpc) is 2.95. The second-order valence-corrected chi connectivity index (χ2v) is 13.2. The van der Waals surface area contributed by atoms with Crippen LogP contribution in [-0.2, 0) is 29.6 Å².